The standard InChI is InChI=1S/C19H22N4O/c1-16-14-18(21-15-20-16)19(24)23-12-10-22(11-13-23)9-5-8-17-6-3-2-4-7-17/h2-8,14-15H,9-13H2,1H3/b8-5+. The Morgan fingerprint density at radius 1 is 1.12 bits per heavy atom. The molecule has 1 aliphatic rings. The van der Waals surface area contributed by atoms with Gasteiger partial charge < -0.3 is 4.90 Å². The summed E-state index contributed by atoms with van der Waals surface area (Å²) in [4.78, 5) is 24.8. The van der Waals surface area contributed by atoms with E-state index >= 15 is 0 Å². The van der Waals surface area contributed by atoms with E-state index in [4.69, 9.17) is 0 Å². The Balaban J connectivity index is 1.49. The fraction of sp³-hybridized carbons (Fsp3) is 0.316. The van der Waals surface area contributed by atoms with Crippen LogP contribution in [-0.4, -0.2) is 58.4 Å². The van der Waals surface area contributed by atoms with Gasteiger partial charge in [-0.15, -0.1) is 0 Å². The number of rotatable bonds is 4. The highest BCUT2D eigenvalue weighted by molar-refractivity contribution is 5.92. The van der Waals surface area contributed by atoms with Gasteiger partial charge in [-0.2, -0.15) is 0 Å². The van der Waals surface area contributed by atoms with Crippen LogP contribution in [0.2, 0.25) is 0 Å². The second-order valence-electron chi connectivity index (χ2n) is 5.95. The number of aryl methyl sites for hydroxylation is 1. The summed E-state index contributed by atoms with van der Waals surface area (Å²) in [7, 11) is 0. The van der Waals surface area contributed by atoms with Crippen LogP contribution in [-0.2, 0) is 0 Å². The molecule has 24 heavy (non-hydrogen) atoms. The summed E-state index contributed by atoms with van der Waals surface area (Å²) in [5, 5.41) is 0. The van der Waals surface area contributed by atoms with Crippen LogP contribution in [0, 0.1) is 6.92 Å². The third kappa shape index (κ3) is 4.26. The Hall–Kier alpha value is -2.53. The number of carbonyl (C=O) groups excluding carboxylic acids is 1. The first-order valence-electron chi connectivity index (χ1n) is 8.24. The van der Waals surface area contributed by atoms with Crippen molar-refractivity contribution in [3.63, 3.8) is 0 Å². The molecule has 0 radical (unpaired) electrons. The van der Waals surface area contributed by atoms with E-state index in [2.05, 4.69) is 39.2 Å². The molecular weight excluding hydrogens is 300 g/mol. The smallest absolute Gasteiger partial charge is 0.272 e. The van der Waals surface area contributed by atoms with Crippen molar-refractivity contribution in [2.45, 2.75) is 6.92 Å². The van der Waals surface area contributed by atoms with Gasteiger partial charge in [-0.25, -0.2) is 9.97 Å². The van der Waals surface area contributed by atoms with Crippen LogP contribution in [0.5, 0.6) is 0 Å². The molecule has 0 N–H and O–H groups in total. The quantitative estimate of drug-likeness (QED) is 0.866. The summed E-state index contributed by atoms with van der Waals surface area (Å²) >= 11 is 0. The van der Waals surface area contributed by atoms with E-state index in [0.29, 0.717) is 5.69 Å². The number of hydrogen-bond acceptors (Lipinski definition) is 4. The monoisotopic (exact) mass is 322 g/mol. The van der Waals surface area contributed by atoms with Crippen molar-refractivity contribution in [3.8, 4) is 0 Å². The average molecular weight is 322 g/mol. The molecular formula is C19H22N4O. The van der Waals surface area contributed by atoms with Crippen LogP contribution in [0.4, 0.5) is 0 Å². The molecule has 0 unspecified atom stereocenters. The zero-order valence-electron chi connectivity index (χ0n) is 13.9. The summed E-state index contributed by atoms with van der Waals surface area (Å²) in [6.45, 7) is 6.02. The molecule has 1 aromatic heterocycles. The van der Waals surface area contributed by atoms with Gasteiger partial charge in [0.1, 0.15) is 12.0 Å². The molecule has 1 aromatic carbocycles. The molecule has 1 aliphatic heterocycles. The Morgan fingerprint density at radius 2 is 1.88 bits per heavy atom. The number of carbonyl (C=O) groups is 1. The molecule has 0 bridgehead atoms. The third-order valence-corrected chi connectivity index (χ3v) is 4.16. The molecule has 5 nitrogen and oxygen atoms in total. The summed E-state index contributed by atoms with van der Waals surface area (Å²) in [6.07, 6.45) is 5.77. The number of aromatic nitrogens is 2. The normalized spacial score (nSPS) is 15.8. The van der Waals surface area contributed by atoms with Gasteiger partial charge >= 0.3 is 0 Å². The Labute approximate surface area is 142 Å². The van der Waals surface area contributed by atoms with Gasteiger partial charge in [-0.1, -0.05) is 42.5 Å². The number of benzene rings is 1. The van der Waals surface area contributed by atoms with E-state index < -0.39 is 0 Å². The highest BCUT2D eigenvalue weighted by atomic mass is 16.2. The van der Waals surface area contributed by atoms with Gasteiger partial charge in [0.05, 0.1) is 0 Å². The summed E-state index contributed by atoms with van der Waals surface area (Å²) in [6, 6.07) is 12.0. The van der Waals surface area contributed by atoms with Crippen molar-refractivity contribution in [2.24, 2.45) is 0 Å². The van der Waals surface area contributed by atoms with E-state index in [9.17, 15) is 4.79 Å². The lowest BCUT2D eigenvalue weighted by atomic mass is 10.2. The second-order valence-corrected chi connectivity index (χ2v) is 5.95. The van der Waals surface area contributed by atoms with Crippen LogP contribution < -0.4 is 0 Å². The SMILES string of the molecule is Cc1cc(C(=O)N2CCN(C/C=C/c3ccccc3)CC2)ncn1. The first-order chi connectivity index (χ1) is 11.7. The summed E-state index contributed by atoms with van der Waals surface area (Å²) < 4.78 is 0. The highest BCUT2D eigenvalue weighted by Gasteiger charge is 2.22. The number of amides is 1. The van der Waals surface area contributed by atoms with E-state index in [-0.39, 0.29) is 5.91 Å². The maximum Gasteiger partial charge on any atom is 0.272 e. The maximum atomic E-state index is 12.5. The molecule has 2 heterocycles. The molecule has 3 rings (SSSR count). The van der Waals surface area contributed by atoms with Crippen molar-refractivity contribution in [1.29, 1.82) is 0 Å². The van der Waals surface area contributed by atoms with Gasteiger partial charge in [0.2, 0.25) is 0 Å². The Kier molecular flexibility index (Phi) is 5.33. The second kappa shape index (κ2) is 7.84. The highest BCUT2D eigenvalue weighted by Crippen LogP contribution is 2.08. The van der Waals surface area contributed by atoms with Crippen LogP contribution in [0.25, 0.3) is 6.08 Å². The van der Waals surface area contributed by atoms with Crippen molar-refractivity contribution in [1.82, 2.24) is 19.8 Å². The fourth-order valence-electron chi connectivity index (χ4n) is 2.77. The van der Waals surface area contributed by atoms with E-state index in [1.54, 1.807) is 6.07 Å². The van der Waals surface area contributed by atoms with Crippen molar-refractivity contribution in [3.05, 3.63) is 65.8 Å². The molecule has 0 atom stereocenters. The summed E-state index contributed by atoms with van der Waals surface area (Å²) in [5.41, 5.74) is 2.52. The fourth-order valence-corrected chi connectivity index (χ4v) is 2.77. The summed E-state index contributed by atoms with van der Waals surface area (Å²) in [5.74, 6) is -0.0000207. The van der Waals surface area contributed by atoms with Crippen LogP contribution in [0.15, 0.2) is 48.8 Å². The Morgan fingerprint density at radius 3 is 2.58 bits per heavy atom. The predicted molar refractivity (Wildman–Crippen MR) is 94.6 cm³/mol. The number of nitrogens with zero attached hydrogens (tertiary/aromatic N) is 4. The minimum atomic E-state index is -0.0000207. The largest absolute Gasteiger partial charge is 0.335 e. The molecule has 0 saturated carbocycles. The van der Waals surface area contributed by atoms with Crippen molar-refractivity contribution in [2.75, 3.05) is 32.7 Å². The maximum absolute atomic E-state index is 12.5. The van der Waals surface area contributed by atoms with Gasteiger partial charge in [-0.3, -0.25) is 9.69 Å². The average Bonchev–Trinajstić information content (AvgIpc) is 2.63. The molecule has 0 aliphatic carbocycles. The van der Waals surface area contributed by atoms with Crippen LogP contribution in [0.1, 0.15) is 21.7 Å². The molecule has 1 amide bonds. The first-order valence-corrected chi connectivity index (χ1v) is 8.24. The van der Waals surface area contributed by atoms with Gasteiger partial charge in [0, 0.05) is 38.4 Å². The van der Waals surface area contributed by atoms with E-state index in [1.165, 1.54) is 11.9 Å². The zero-order chi connectivity index (χ0) is 16.8. The van der Waals surface area contributed by atoms with Crippen LogP contribution in [0.3, 0.4) is 0 Å². The van der Waals surface area contributed by atoms with Crippen molar-refractivity contribution >= 4 is 12.0 Å². The lowest BCUT2D eigenvalue weighted by molar-refractivity contribution is 0.0644. The topological polar surface area (TPSA) is 49.3 Å². The molecule has 2 aromatic rings. The number of hydrogen-bond donors (Lipinski definition) is 0. The molecule has 1 saturated heterocycles. The lowest BCUT2D eigenvalue weighted by Crippen LogP contribution is -2.48. The molecule has 0 spiro atoms. The molecule has 5 heteroatoms. The lowest BCUT2D eigenvalue weighted by Gasteiger charge is -2.34. The van der Waals surface area contributed by atoms with Gasteiger partial charge in [0.25, 0.3) is 5.91 Å². The zero-order valence-corrected chi connectivity index (χ0v) is 13.9. The van der Waals surface area contributed by atoms with E-state index in [0.717, 1.165) is 38.4 Å². The third-order valence-electron chi connectivity index (χ3n) is 4.16. The van der Waals surface area contributed by atoms with Gasteiger partial charge in [0.15, 0.2) is 0 Å². The predicted octanol–water partition coefficient (Wildman–Crippen LogP) is 2.26. The van der Waals surface area contributed by atoms with Gasteiger partial charge in [-0.05, 0) is 18.6 Å². The first kappa shape index (κ1) is 16.3. The minimum Gasteiger partial charge on any atom is -0.335 e. The molecule has 1 fully saturated rings. The van der Waals surface area contributed by atoms with E-state index in [1.807, 2.05) is 30.0 Å². The van der Waals surface area contributed by atoms with Crippen LogP contribution >= 0.6 is 0 Å². The minimum absolute atomic E-state index is 0.0000207. The molecule has 124 valence electrons. The number of piperazine rings is 1. The Bertz CT molecular complexity index is 706. The van der Waals surface area contributed by atoms with Crippen molar-refractivity contribution < 1.29 is 4.79 Å².